The Kier molecular flexibility index (Phi) is 4.24. The third-order valence-corrected chi connectivity index (χ3v) is 3.00. The van der Waals surface area contributed by atoms with Crippen LogP contribution in [0.4, 0.5) is 0 Å². The molecule has 6 nitrogen and oxygen atoms in total. The second-order valence-corrected chi connectivity index (χ2v) is 4.45. The van der Waals surface area contributed by atoms with E-state index in [4.69, 9.17) is 15.2 Å². The zero-order valence-electron chi connectivity index (χ0n) is 10.8. The van der Waals surface area contributed by atoms with E-state index in [2.05, 4.69) is 5.32 Å². The molecule has 0 saturated heterocycles. The summed E-state index contributed by atoms with van der Waals surface area (Å²) in [5, 5.41) is 12.9. The van der Waals surface area contributed by atoms with Crippen molar-refractivity contribution in [3.05, 3.63) is 23.8 Å². The molecule has 1 amide bonds. The van der Waals surface area contributed by atoms with Gasteiger partial charge in [0.2, 0.25) is 5.91 Å². The number of hydrogen-bond donors (Lipinski definition) is 3. The van der Waals surface area contributed by atoms with E-state index >= 15 is 0 Å². The largest absolute Gasteiger partial charge is 0.486 e. The van der Waals surface area contributed by atoms with Crippen LogP contribution in [0.15, 0.2) is 18.2 Å². The van der Waals surface area contributed by atoms with Gasteiger partial charge in [-0.1, -0.05) is 6.07 Å². The molecule has 0 saturated carbocycles. The molecule has 4 N–H and O–H groups in total. The number of nitrogens with one attached hydrogen (secondary N) is 1. The van der Waals surface area contributed by atoms with E-state index in [1.54, 1.807) is 25.1 Å². The van der Waals surface area contributed by atoms with Crippen molar-refractivity contribution < 1.29 is 19.4 Å². The summed E-state index contributed by atoms with van der Waals surface area (Å²) in [5.41, 5.74) is 5.83. The molecule has 0 bridgehead atoms. The minimum Gasteiger partial charge on any atom is -0.486 e. The van der Waals surface area contributed by atoms with Crippen molar-refractivity contribution in [3.63, 3.8) is 0 Å². The highest BCUT2D eigenvalue weighted by Crippen LogP contribution is 2.32. The Hall–Kier alpha value is -1.79. The van der Waals surface area contributed by atoms with Gasteiger partial charge in [0.25, 0.3) is 0 Å². The van der Waals surface area contributed by atoms with Crippen LogP contribution in [0.2, 0.25) is 0 Å². The van der Waals surface area contributed by atoms with Crippen LogP contribution in [0, 0.1) is 0 Å². The second-order valence-electron chi connectivity index (χ2n) is 4.45. The lowest BCUT2D eigenvalue weighted by molar-refractivity contribution is -0.119. The van der Waals surface area contributed by atoms with Crippen molar-refractivity contribution in [2.75, 3.05) is 19.8 Å². The number of amides is 1. The van der Waals surface area contributed by atoms with Gasteiger partial charge in [0.15, 0.2) is 11.5 Å². The number of aliphatic hydroxyl groups is 1. The number of aliphatic hydroxyl groups excluding tert-OH is 1. The van der Waals surface area contributed by atoms with Crippen molar-refractivity contribution >= 4 is 5.91 Å². The molecule has 1 heterocycles. The van der Waals surface area contributed by atoms with Gasteiger partial charge in [-0.05, 0) is 24.6 Å². The van der Waals surface area contributed by atoms with Gasteiger partial charge in [0.1, 0.15) is 13.2 Å². The average Bonchev–Trinajstić information content (AvgIpc) is 2.43. The van der Waals surface area contributed by atoms with Gasteiger partial charge >= 0.3 is 0 Å². The van der Waals surface area contributed by atoms with E-state index in [9.17, 15) is 9.90 Å². The van der Waals surface area contributed by atoms with Gasteiger partial charge < -0.3 is 25.6 Å². The molecule has 0 aromatic heterocycles. The number of carbonyl (C=O) groups is 1. The molecule has 104 valence electrons. The van der Waals surface area contributed by atoms with Crippen LogP contribution in [0.3, 0.4) is 0 Å². The number of rotatable bonds is 5. The highest BCUT2D eigenvalue weighted by atomic mass is 16.6. The predicted molar refractivity (Wildman–Crippen MR) is 69.1 cm³/mol. The first kappa shape index (κ1) is 13.6. The average molecular weight is 266 g/mol. The summed E-state index contributed by atoms with van der Waals surface area (Å²) < 4.78 is 10.9. The fourth-order valence-corrected chi connectivity index (χ4v) is 1.77. The van der Waals surface area contributed by atoms with Gasteiger partial charge in [0.05, 0.1) is 12.1 Å². The van der Waals surface area contributed by atoms with Crippen LogP contribution in [0.5, 0.6) is 11.5 Å². The summed E-state index contributed by atoms with van der Waals surface area (Å²) >= 11 is 0. The smallest absolute Gasteiger partial charge is 0.234 e. The van der Waals surface area contributed by atoms with Gasteiger partial charge in [-0.25, -0.2) is 0 Å². The Labute approximate surface area is 111 Å². The number of nitrogens with two attached hydrogens (primary N) is 1. The molecule has 0 fully saturated rings. The van der Waals surface area contributed by atoms with E-state index < -0.39 is 18.1 Å². The third kappa shape index (κ3) is 3.36. The molecular formula is C13H18N2O4. The first-order chi connectivity index (χ1) is 9.08. The number of hydrogen-bond acceptors (Lipinski definition) is 5. The summed E-state index contributed by atoms with van der Waals surface area (Å²) in [7, 11) is 0. The monoisotopic (exact) mass is 266 g/mol. The maximum atomic E-state index is 10.9. The SMILES string of the molecule is CC(NCC(O)c1ccc2c(c1)OCCO2)C(N)=O. The van der Waals surface area contributed by atoms with Crippen molar-refractivity contribution in [2.24, 2.45) is 5.73 Å². The van der Waals surface area contributed by atoms with E-state index in [0.717, 1.165) is 0 Å². The van der Waals surface area contributed by atoms with E-state index in [-0.39, 0.29) is 6.54 Å². The molecule has 1 aliphatic rings. The lowest BCUT2D eigenvalue weighted by atomic mass is 10.1. The lowest BCUT2D eigenvalue weighted by Crippen LogP contribution is -2.40. The topological polar surface area (TPSA) is 93.8 Å². The third-order valence-electron chi connectivity index (χ3n) is 3.00. The van der Waals surface area contributed by atoms with Crippen molar-refractivity contribution in [2.45, 2.75) is 19.1 Å². The number of ether oxygens (including phenoxy) is 2. The van der Waals surface area contributed by atoms with Crippen LogP contribution in [-0.2, 0) is 4.79 Å². The molecule has 0 radical (unpaired) electrons. The van der Waals surface area contributed by atoms with Crippen LogP contribution >= 0.6 is 0 Å². The molecule has 1 aliphatic heterocycles. The van der Waals surface area contributed by atoms with Crippen molar-refractivity contribution in [1.82, 2.24) is 5.32 Å². The number of carbonyl (C=O) groups excluding carboxylic acids is 1. The Morgan fingerprint density at radius 3 is 2.79 bits per heavy atom. The molecule has 2 atom stereocenters. The molecular weight excluding hydrogens is 248 g/mol. The van der Waals surface area contributed by atoms with Crippen molar-refractivity contribution in [3.8, 4) is 11.5 Å². The normalized spacial score (nSPS) is 16.7. The molecule has 2 unspecified atom stereocenters. The summed E-state index contributed by atoms with van der Waals surface area (Å²) in [6.45, 7) is 2.93. The molecule has 1 aromatic rings. The second kappa shape index (κ2) is 5.90. The maximum absolute atomic E-state index is 10.9. The quantitative estimate of drug-likeness (QED) is 0.695. The van der Waals surface area contributed by atoms with Crippen LogP contribution in [0.25, 0.3) is 0 Å². The van der Waals surface area contributed by atoms with Gasteiger partial charge in [-0.15, -0.1) is 0 Å². The summed E-state index contributed by atoms with van der Waals surface area (Å²) in [4.78, 5) is 10.9. The zero-order valence-corrected chi connectivity index (χ0v) is 10.8. The summed E-state index contributed by atoms with van der Waals surface area (Å²) in [6.07, 6.45) is -0.738. The standard InChI is InChI=1S/C13H18N2O4/c1-8(13(14)17)15-7-10(16)9-2-3-11-12(6-9)19-5-4-18-11/h2-3,6,8,10,15-16H,4-5,7H2,1H3,(H2,14,17). The molecule has 19 heavy (non-hydrogen) atoms. The van der Waals surface area contributed by atoms with Gasteiger partial charge in [-0.3, -0.25) is 4.79 Å². The lowest BCUT2D eigenvalue weighted by Gasteiger charge is -2.21. The number of primary amides is 1. The maximum Gasteiger partial charge on any atom is 0.234 e. The summed E-state index contributed by atoms with van der Waals surface area (Å²) in [6, 6.07) is 4.81. The van der Waals surface area contributed by atoms with Gasteiger partial charge in [-0.2, -0.15) is 0 Å². The van der Waals surface area contributed by atoms with Crippen LogP contribution in [-0.4, -0.2) is 36.8 Å². The predicted octanol–water partition coefficient (Wildman–Crippen LogP) is -0.0454. The Morgan fingerprint density at radius 2 is 2.11 bits per heavy atom. The fourth-order valence-electron chi connectivity index (χ4n) is 1.77. The highest BCUT2D eigenvalue weighted by Gasteiger charge is 2.16. The zero-order chi connectivity index (χ0) is 13.8. The number of fused-ring (bicyclic) bond motifs is 1. The summed E-state index contributed by atoms with van der Waals surface area (Å²) in [5.74, 6) is 0.862. The Balaban J connectivity index is 1.99. The van der Waals surface area contributed by atoms with Gasteiger partial charge in [0, 0.05) is 6.54 Å². The minimum absolute atomic E-state index is 0.240. The minimum atomic E-state index is -0.738. The van der Waals surface area contributed by atoms with E-state index in [1.807, 2.05) is 0 Å². The molecule has 0 spiro atoms. The highest BCUT2D eigenvalue weighted by molar-refractivity contribution is 5.79. The first-order valence-electron chi connectivity index (χ1n) is 6.18. The Bertz CT molecular complexity index is 464. The molecule has 2 rings (SSSR count). The van der Waals surface area contributed by atoms with E-state index in [0.29, 0.717) is 30.3 Å². The van der Waals surface area contributed by atoms with Crippen LogP contribution in [0.1, 0.15) is 18.6 Å². The first-order valence-corrected chi connectivity index (χ1v) is 6.18. The molecule has 1 aromatic carbocycles. The molecule has 0 aliphatic carbocycles. The Morgan fingerprint density at radius 1 is 1.42 bits per heavy atom. The van der Waals surface area contributed by atoms with Crippen molar-refractivity contribution in [1.29, 1.82) is 0 Å². The fraction of sp³-hybridized carbons (Fsp3) is 0.462. The number of benzene rings is 1. The van der Waals surface area contributed by atoms with Crippen LogP contribution < -0.4 is 20.5 Å². The van der Waals surface area contributed by atoms with E-state index in [1.165, 1.54) is 0 Å². The molecule has 6 heteroatoms.